The molecule has 0 nitrogen and oxygen atoms in total. The summed E-state index contributed by atoms with van der Waals surface area (Å²) in [5.41, 5.74) is 3.21. The molecule has 0 aromatic heterocycles. The molecule has 3 aliphatic carbocycles. The highest BCUT2D eigenvalue weighted by Crippen LogP contribution is 2.63. The summed E-state index contributed by atoms with van der Waals surface area (Å²) in [6.45, 7) is 14.1. The van der Waals surface area contributed by atoms with Crippen molar-refractivity contribution >= 4 is 0 Å². The smallest absolute Gasteiger partial charge is 0.0141 e. The van der Waals surface area contributed by atoms with Crippen LogP contribution >= 0.6 is 0 Å². The summed E-state index contributed by atoms with van der Waals surface area (Å²) in [5, 5.41) is 0. The lowest BCUT2D eigenvalue weighted by atomic mass is 9.47. The molecule has 0 amide bonds. The highest BCUT2D eigenvalue weighted by atomic mass is 14.6. The molecule has 0 N–H and O–H groups in total. The summed E-state index contributed by atoms with van der Waals surface area (Å²) in [6.07, 6.45) is 14.5. The van der Waals surface area contributed by atoms with E-state index in [4.69, 9.17) is 0 Å². The Kier molecular flexibility index (Phi) is 3.23. The van der Waals surface area contributed by atoms with Crippen molar-refractivity contribution in [1.29, 1.82) is 0 Å². The average molecular weight is 272 g/mol. The fraction of sp³-hybridized carbons (Fsp3) is 0.800. The van der Waals surface area contributed by atoms with Gasteiger partial charge in [0.2, 0.25) is 0 Å². The monoisotopic (exact) mass is 272 g/mol. The van der Waals surface area contributed by atoms with E-state index in [0.29, 0.717) is 16.2 Å². The second-order valence-corrected chi connectivity index (χ2v) is 8.99. The first kappa shape index (κ1) is 14.4. The quantitative estimate of drug-likeness (QED) is 0.503. The van der Waals surface area contributed by atoms with Crippen LogP contribution < -0.4 is 0 Å². The fourth-order valence-electron chi connectivity index (χ4n) is 5.55. The van der Waals surface area contributed by atoms with Crippen molar-refractivity contribution < 1.29 is 0 Å². The summed E-state index contributed by atoms with van der Waals surface area (Å²) in [5.74, 6) is 1.74. The van der Waals surface area contributed by atoms with Crippen molar-refractivity contribution in [2.45, 2.75) is 72.6 Å². The Balaban J connectivity index is 1.94. The minimum atomic E-state index is 0.389. The third kappa shape index (κ3) is 2.02. The summed E-state index contributed by atoms with van der Waals surface area (Å²) >= 11 is 0. The molecule has 0 heteroatoms. The van der Waals surface area contributed by atoms with Gasteiger partial charge in [-0.3, -0.25) is 0 Å². The molecular weight excluding hydrogens is 240 g/mol. The van der Waals surface area contributed by atoms with Crippen molar-refractivity contribution in [3.05, 3.63) is 24.3 Å². The molecule has 20 heavy (non-hydrogen) atoms. The number of fused-ring (bicyclic) bond motifs is 3. The van der Waals surface area contributed by atoms with Crippen molar-refractivity contribution in [2.24, 2.45) is 28.1 Å². The Labute approximate surface area is 125 Å². The van der Waals surface area contributed by atoms with Gasteiger partial charge in [0.1, 0.15) is 0 Å². The van der Waals surface area contributed by atoms with Crippen LogP contribution in [0.2, 0.25) is 0 Å². The average Bonchev–Trinajstić information content (AvgIpc) is 2.40. The third-order valence-electron chi connectivity index (χ3n) is 7.24. The van der Waals surface area contributed by atoms with Crippen LogP contribution in [-0.4, -0.2) is 0 Å². The van der Waals surface area contributed by atoms with Crippen LogP contribution in [0.3, 0.4) is 0 Å². The molecule has 0 aromatic rings. The summed E-state index contributed by atoms with van der Waals surface area (Å²) in [6, 6.07) is 0. The Morgan fingerprint density at radius 3 is 2.60 bits per heavy atom. The maximum atomic E-state index is 4.11. The molecule has 0 heterocycles. The van der Waals surface area contributed by atoms with Crippen LogP contribution in [0.25, 0.3) is 0 Å². The summed E-state index contributed by atoms with van der Waals surface area (Å²) in [7, 11) is 0. The van der Waals surface area contributed by atoms with Gasteiger partial charge < -0.3 is 0 Å². The second kappa shape index (κ2) is 4.49. The summed E-state index contributed by atoms with van der Waals surface area (Å²) in [4.78, 5) is 0. The van der Waals surface area contributed by atoms with Gasteiger partial charge in [0.15, 0.2) is 0 Å². The first-order valence-electron chi connectivity index (χ1n) is 8.65. The maximum Gasteiger partial charge on any atom is -0.0141 e. The van der Waals surface area contributed by atoms with Gasteiger partial charge in [-0.05, 0) is 66.6 Å². The lowest BCUT2D eigenvalue weighted by Crippen LogP contribution is -2.48. The minimum Gasteiger partial charge on any atom is -0.103 e. The third-order valence-corrected chi connectivity index (χ3v) is 7.24. The molecule has 112 valence electrons. The second-order valence-electron chi connectivity index (χ2n) is 8.99. The first-order chi connectivity index (χ1) is 9.31. The molecule has 2 fully saturated rings. The van der Waals surface area contributed by atoms with E-state index in [2.05, 4.69) is 46.4 Å². The number of rotatable bonds is 1. The van der Waals surface area contributed by atoms with E-state index in [9.17, 15) is 0 Å². The molecule has 3 aliphatic rings. The number of allylic oxidation sites excluding steroid dienone is 3. The van der Waals surface area contributed by atoms with Gasteiger partial charge in [-0.25, -0.2) is 0 Å². The topological polar surface area (TPSA) is 0 Å². The molecule has 4 atom stereocenters. The van der Waals surface area contributed by atoms with Gasteiger partial charge in [-0.2, -0.15) is 0 Å². The Hall–Kier alpha value is -0.520. The van der Waals surface area contributed by atoms with Crippen molar-refractivity contribution in [2.75, 3.05) is 0 Å². The number of hydrogen-bond acceptors (Lipinski definition) is 0. The van der Waals surface area contributed by atoms with Crippen LogP contribution in [0.5, 0.6) is 0 Å². The molecule has 3 rings (SSSR count). The van der Waals surface area contributed by atoms with Gasteiger partial charge in [-0.1, -0.05) is 51.8 Å². The zero-order valence-corrected chi connectivity index (χ0v) is 14.0. The number of hydrogen-bond donors (Lipinski definition) is 0. The highest BCUT2D eigenvalue weighted by molar-refractivity contribution is 5.26. The van der Waals surface area contributed by atoms with E-state index in [1.54, 1.807) is 0 Å². The molecule has 0 radical (unpaired) electrons. The minimum absolute atomic E-state index is 0.389. The van der Waals surface area contributed by atoms with E-state index >= 15 is 0 Å². The van der Waals surface area contributed by atoms with Crippen LogP contribution in [0.4, 0.5) is 0 Å². The maximum absolute atomic E-state index is 4.11. The van der Waals surface area contributed by atoms with E-state index in [-0.39, 0.29) is 0 Å². The zero-order valence-electron chi connectivity index (χ0n) is 14.0. The van der Waals surface area contributed by atoms with Crippen LogP contribution in [0.15, 0.2) is 24.3 Å². The van der Waals surface area contributed by atoms with E-state index in [1.807, 2.05) is 5.57 Å². The molecule has 0 aliphatic heterocycles. The van der Waals surface area contributed by atoms with Crippen LogP contribution in [0, 0.1) is 28.1 Å². The van der Waals surface area contributed by atoms with E-state index in [1.165, 1.54) is 44.9 Å². The van der Waals surface area contributed by atoms with Gasteiger partial charge in [-0.15, -0.1) is 6.58 Å². The fourth-order valence-corrected chi connectivity index (χ4v) is 5.55. The predicted molar refractivity (Wildman–Crippen MR) is 87.6 cm³/mol. The van der Waals surface area contributed by atoms with Crippen molar-refractivity contribution in [1.82, 2.24) is 0 Å². The standard InChI is InChI=1S/C20H32/c1-6-19(4)12-13-20(5)15(14-19)9-10-16-17(20)8-7-11-18(16,2)3/h6,10,15,17H,1,7-9,11-14H2,2-5H3/t15?,17?,19-,20-/m0/s1. The predicted octanol–water partition coefficient (Wildman–Crippen LogP) is 6.14. The van der Waals surface area contributed by atoms with Crippen LogP contribution in [0.1, 0.15) is 72.6 Å². The Bertz CT molecular complexity index is 441. The van der Waals surface area contributed by atoms with Crippen LogP contribution in [-0.2, 0) is 0 Å². The SMILES string of the molecule is C=C[C@@]1(C)CC[C@@]2(C)C(CC=C3C2CCCC3(C)C)C1. The molecule has 2 saturated carbocycles. The Morgan fingerprint density at radius 1 is 1.15 bits per heavy atom. The van der Waals surface area contributed by atoms with Crippen molar-refractivity contribution in [3.63, 3.8) is 0 Å². The van der Waals surface area contributed by atoms with Gasteiger partial charge in [0, 0.05) is 0 Å². The van der Waals surface area contributed by atoms with Crippen molar-refractivity contribution in [3.8, 4) is 0 Å². The highest BCUT2D eigenvalue weighted by Gasteiger charge is 2.52. The molecule has 2 unspecified atom stereocenters. The van der Waals surface area contributed by atoms with E-state index < -0.39 is 0 Å². The first-order valence-corrected chi connectivity index (χ1v) is 8.65. The molecular formula is C20H32. The van der Waals surface area contributed by atoms with E-state index in [0.717, 1.165) is 11.8 Å². The molecule has 0 saturated heterocycles. The lowest BCUT2D eigenvalue weighted by molar-refractivity contribution is -0.0131. The Morgan fingerprint density at radius 2 is 1.90 bits per heavy atom. The summed E-state index contributed by atoms with van der Waals surface area (Å²) < 4.78 is 0. The van der Waals surface area contributed by atoms with Gasteiger partial charge in [0.25, 0.3) is 0 Å². The normalized spacial score (nSPS) is 46.9. The zero-order chi connectivity index (χ0) is 14.6. The molecule has 0 spiro atoms. The molecule has 0 aromatic carbocycles. The van der Waals surface area contributed by atoms with Gasteiger partial charge >= 0.3 is 0 Å². The lowest BCUT2D eigenvalue weighted by Gasteiger charge is -2.58. The van der Waals surface area contributed by atoms with Gasteiger partial charge in [0.05, 0.1) is 0 Å². The molecule has 0 bridgehead atoms. The largest absolute Gasteiger partial charge is 0.103 e.